The lowest BCUT2D eigenvalue weighted by molar-refractivity contribution is 0.475. The van der Waals surface area contributed by atoms with E-state index in [1.807, 2.05) is 0 Å². The molecule has 2 rings (SSSR count). The quantitative estimate of drug-likeness (QED) is 0.729. The van der Waals surface area contributed by atoms with Crippen LogP contribution in [0.15, 0.2) is 28.7 Å². The largest absolute Gasteiger partial charge is 0.508 e. The number of aromatic amines is 1. The number of nitrogens with two attached hydrogens (primary N) is 1. The molecule has 0 aliphatic heterocycles. The van der Waals surface area contributed by atoms with Crippen LogP contribution < -0.4 is 5.73 Å². The van der Waals surface area contributed by atoms with Gasteiger partial charge in [0.25, 0.3) is 0 Å². The minimum Gasteiger partial charge on any atom is -0.508 e. The number of nitrogen functional groups attached to an aromatic ring is 1. The Hall–Kier alpha value is -1.49. The summed E-state index contributed by atoms with van der Waals surface area (Å²) in [7, 11) is 0. The smallest absolute Gasteiger partial charge is 0.145 e. The van der Waals surface area contributed by atoms with Gasteiger partial charge in [0.1, 0.15) is 11.6 Å². The van der Waals surface area contributed by atoms with Crippen molar-refractivity contribution in [3.05, 3.63) is 28.7 Å². The molecule has 14 heavy (non-hydrogen) atoms. The Morgan fingerprint density at radius 3 is 2.79 bits per heavy atom. The molecule has 72 valence electrons. The topological polar surface area (TPSA) is 74.9 Å². The average Bonchev–Trinajstić information content (AvgIpc) is 2.56. The van der Waals surface area contributed by atoms with Crippen molar-refractivity contribution in [3.63, 3.8) is 0 Å². The molecule has 1 heterocycles. The molecule has 0 bridgehead atoms. The minimum atomic E-state index is 0.205. The Morgan fingerprint density at radius 2 is 2.14 bits per heavy atom. The van der Waals surface area contributed by atoms with Crippen molar-refractivity contribution < 1.29 is 5.11 Å². The third-order valence-corrected chi connectivity index (χ3v) is 2.53. The number of nitrogens with one attached hydrogen (secondary N) is 1. The van der Waals surface area contributed by atoms with Gasteiger partial charge in [0, 0.05) is 16.1 Å². The second kappa shape index (κ2) is 3.34. The van der Waals surface area contributed by atoms with Crippen LogP contribution in [-0.4, -0.2) is 15.3 Å². The molecule has 0 saturated heterocycles. The Kier molecular flexibility index (Phi) is 2.17. The van der Waals surface area contributed by atoms with Crippen molar-refractivity contribution in [3.8, 4) is 17.0 Å². The van der Waals surface area contributed by atoms with Gasteiger partial charge in [-0.2, -0.15) is 5.10 Å². The first kappa shape index (κ1) is 9.08. The van der Waals surface area contributed by atoms with E-state index in [1.54, 1.807) is 24.3 Å². The first-order chi connectivity index (χ1) is 6.66. The number of nitrogens with zero attached hydrogens (tertiary/aromatic N) is 1. The number of halogens is 1. The Labute approximate surface area is 88.9 Å². The van der Waals surface area contributed by atoms with E-state index in [0.717, 1.165) is 15.7 Å². The maximum absolute atomic E-state index is 9.32. The summed E-state index contributed by atoms with van der Waals surface area (Å²) in [5.74, 6) is 0.631. The van der Waals surface area contributed by atoms with Crippen molar-refractivity contribution in [1.29, 1.82) is 0 Å². The third kappa shape index (κ3) is 1.58. The van der Waals surface area contributed by atoms with Crippen LogP contribution in [0, 0.1) is 0 Å². The number of aromatic hydroxyl groups is 1. The van der Waals surface area contributed by atoms with Crippen LogP contribution in [-0.2, 0) is 0 Å². The number of phenolic OH excluding ortho intramolecular Hbond substituents is 1. The molecule has 5 heteroatoms. The van der Waals surface area contributed by atoms with E-state index >= 15 is 0 Å². The van der Waals surface area contributed by atoms with Gasteiger partial charge in [-0.3, -0.25) is 5.10 Å². The van der Waals surface area contributed by atoms with Crippen LogP contribution in [0.3, 0.4) is 0 Å². The van der Waals surface area contributed by atoms with Crippen LogP contribution in [0.5, 0.6) is 5.75 Å². The van der Waals surface area contributed by atoms with Crippen LogP contribution in [0.2, 0.25) is 0 Å². The lowest BCUT2D eigenvalue weighted by Gasteiger charge is -2.01. The van der Waals surface area contributed by atoms with E-state index in [9.17, 15) is 5.11 Å². The summed E-state index contributed by atoms with van der Waals surface area (Å²) in [6.45, 7) is 0. The highest BCUT2D eigenvalue weighted by atomic mass is 79.9. The van der Waals surface area contributed by atoms with Gasteiger partial charge in [-0.05, 0) is 18.2 Å². The number of anilines is 1. The molecular weight excluding hydrogens is 246 g/mol. The van der Waals surface area contributed by atoms with E-state index in [2.05, 4.69) is 26.1 Å². The second-order valence-corrected chi connectivity index (χ2v) is 3.72. The summed E-state index contributed by atoms with van der Waals surface area (Å²) < 4.78 is 0.874. The zero-order chi connectivity index (χ0) is 10.1. The van der Waals surface area contributed by atoms with Gasteiger partial charge in [0.2, 0.25) is 0 Å². The molecule has 0 unspecified atom stereocenters. The zero-order valence-corrected chi connectivity index (χ0v) is 8.75. The van der Waals surface area contributed by atoms with Gasteiger partial charge >= 0.3 is 0 Å². The molecule has 0 amide bonds. The molecule has 0 aliphatic carbocycles. The van der Waals surface area contributed by atoms with Gasteiger partial charge in [0.15, 0.2) is 0 Å². The molecule has 0 radical (unpaired) electrons. The number of phenols is 1. The standard InChI is InChI=1S/C9H8BrN3O/c10-7-2-1-5(14)3-6(7)8-4-9(11)13-12-8/h1-4,14H,(H3,11,12,13). The molecule has 0 aliphatic rings. The van der Waals surface area contributed by atoms with Gasteiger partial charge in [-0.15, -0.1) is 0 Å². The predicted molar refractivity (Wildman–Crippen MR) is 57.8 cm³/mol. The maximum Gasteiger partial charge on any atom is 0.145 e. The molecule has 1 aromatic heterocycles. The highest BCUT2D eigenvalue weighted by molar-refractivity contribution is 9.10. The van der Waals surface area contributed by atoms with Crippen LogP contribution in [0.1, 0.15) is 0 Å². The Balaban J connectivity index is 2.55. The zero-order valence-electron chi connectivity index (χ0n) is 7.16. The Morgan fingerprint density at radius 1 is 1.36 bits per heavy atom. The fourth-order valence-electron chi connectivity index (χ4n) is 1.19. The molecule has 4 nitrogen and oxygen atoms in total. The summed E-state index contributed by atoms with van der Waals surface area (Å²) >= 11 is 3.38. The van der Waals surface area contributed by atoms with Gasteiger partial charge in [0.05, 0.1) is 5.69 Å². The lowest BCUT2D eigenvalue weighted by atomic mass is 10.1. The lowest BCUT2D eigenvalue weighted by Crippen LogP contribution is -1.81. The maximum atomic E-state index is 9.32. The first-order valence-corrected chi connectivity index (χ1v) is 4.76. The fourth-order valence-corrected chi connectivity index (χ4v) is 1.66. The highest BCUT2D eigenvalue weighted by Crippen LogP contribution is 2.30. The van der Waals surface area contributed by atoms with E-state index in [0.29, 0.717) is 5.82 Å². The summed E-state index contributed by atoms with van der Waals surface area (Å²) in [6.07, 6.45) is 0. The number of rotatable bonds is 1. The minimum absolute atomic E-state index is 0.205. The fraction of sp³-hybridized carbons (Fsp3) is 0. The normalized spacial score (nSPS) is 10.4. The van der Waals surface area contributed by atoms with Gasteiger partial charge in [-0.1, -0.05) is 15.9 Å². The summed E-state index contributed by atoms with van der Waals surface area (Å²) in [4.78, 5) is 0. The highest BCUT2D eigenvalue weighted by Gasteiger charge is 2.06. The number of aromatic nitrogens is 2. The number of hydrogen-bond donors (Lipinski definition) is 3. The van der Waals surface area contributed by atoms with Gasteiger partial charge in [-0.25, -0.2) is 0 Å². The number of hydrogen-bond acceptors (Lipinski definition) is 3. The Bertz CT molecular complexity index is 467. The van der Waals surface area contributed by atoms with E-state index < -0.39 is 0 Å². The van der Waals surface area contributed by atoms with Crippen molar-refractivity contribution in [2.75, 3.05) is 5.73 Å². The van der Waals surface area contributed by atoms with Crippen molar-refractivity contribution >= 4 is 21.7 Å². The van der Waals surface area contributed by atoms with Gasteiger partial charge < -0.3 is 10.8 Å². The average molecular weight is 254 g/mol. The van der Waals surface area contributed by atoms with Crippen LogP contribution in [0.4, 0.5) is 5.82 Å². The summed E-state index contributed by atoms with van der Waals surface area (Å²) in [6, 6.07) is 6.71. The van der Waals surface area contributed by atoms with E-state index in [1.165, 1.54) is 0 Å². The molecule has 4 N–H and O–H groups in total. The molecular formula is C9H8BrN3O. The van der Waals surface area contributed by atoms with Crippen LogP contribution in [0.25, 0.3) is 11.3 Å². The van der Waals surface area contributed by atoms with Crippen molar-refractivity contribution in [2.45, 2.75) is 0 Å². The summed E-state index contributed by atoms with van der Waals surface area (Å²) in [5.41, 5.74) is 7.08. The summed E-state index contributed by atoms with van der Waals surface area (Å²) in [5, 5.41) is 15.9. The molecule has 2 aromatic rings. The predicted octanol–water partition coefficient (Wildman–Crippen LogP) is 2.13. The number of H-pyrrole nitrogens is 1. The molecule has 0 spiro atoms. The van der Waals surface area contributed by atoms with Crippen LogP contribution >= 0.6 is 15.9 Å². The SMILES string of the molecule is Nc1cc(-c2cc(O)ccc2Br)[nH]n1. The van der Waals surface area contributed by atoms with E-state index in [-0.39, 0.29) is 5.75 Å². The van der Waals surface area contributed by atoms with Crippen molar-refractivity contribution in [2.24, 2.45) is 0 Å². The third-order valence-electron chi connectivity index (χ3n) is 1.84. The van der Waals surface area contributed by atoms with Crippen molar-refractivity contribution in [1.82, 2.24) is 10.2 Å². The molecule has 0 fully saturated rings. The monoisotopic (exact) mass is 253 g/mol. The number of benzene rings is 1. The van der Waals surface area contributed by atoms with E-state index in [4.69, 9.17) is 5.73 Å². The molecule has 0 atom stereocenters. The molecule has 0 saturated carbocycles. The first-order valence-electron chi connectivity index (χ1n) is 3.96. The molecule has 1 aromatic carbocycles. The second-order valence-electron chi connectivity index (χ2n) is 2.87.